The molecule has 0 saturated carbocycles. The van der Waals surface area contributed by atoms with Gasteiger partial charge in [-0.25, -0.2) is 9.18 Å². The molecule has 2 aromatic rings. The highest BCUT2D eigenvalue weighted by molar-refractivity contribution is 5.90. The highest BCUT2D eigenvalue weighted by atomic mass is 19.1. The van der Waals surface area contributed by atoms with Crippen molar-refractivity contribution >= 4 is 17.4 Å². The molecule has 214 valence electrons. The number of carbonyl (C=O) groups is 1. The number of hydrogen-bond donors (Lipinski definition) is 1. The molecule has 2 fully saturated rings. The maximum Gasteiger partial charge on any atom is 0.415 e. The zero-order valence-electron chi connectivity index (χ0n) is 23.7. The van der Waals surface area contributed by atoms with Gasteiger partial charge in [0.1, 0.15) is 22.9 Å². The lowest BCUT2D eigenvalue weighted by atomic mass is 9.91. The van der Waals surface area contributed by atoms with Crippen LogP contribution in [0.4, 0.5) is 14.9 Å². The van der Waals surface area contributed by atoms with E-state index in [1.807, 2.05) is 51.1 Å². The number of allylic oxidation sites excluding steroid dienone is 6. The smallest absolute Gasteiger partial charge is 0.415 e. The van der Waals surface area contributed by atoms with Crippen molar-refractivity contribution in [2.75, 3.05) is 37.7 Å². The number of pyridine rings is 1. The third-order valence-corrected chi connectivity index (χ3v) is 7.11. The first-order chi connectivity index (χ1) is 19.4. The Balaban J connectivity index is 0.000000186. The van der Waals surface area contributed by atoms with E-state index in [0.717, 1.165) is 72.7 Å². The molecule has 3 heterocycles. The van der Waals surface area contributed by atoms with Gasteiger partial charge < -0.3 is 19.5 Å². The van der Waals surface area contributed by atoms with E-state index in [9.17, 15) is 9.18 Å². The van der Waals surface area contributed by atoms with E-state index < -0.39 is 0 Å². The van der Waals surface area contributed by atoms with Gasteiger partial charge >= 0.3 is 6.09 Å². The van der Waals surface area contributed by atoms with E-state index in [4.69, 9.17) is 14.2 Å². The molecule has 3 aliphatic rings. The van der Waals surface area contributed by atoms with Crippen molar-refractivity contribution in [1.29, 1.82) is 0 Å². The van der Waals surface area contributed by atoms with Crippen LogP contribution in [-0.2, 0) is 4.74 Å². The predicted molar refractivity (Wildman–Crippen MR) is 157 cm³/mol. The van der Waals surface area contributed by atoms with Crippen molar-refractivity contribution in [2.45, 2.75) is 58.5 Å². The third kappa shape index (κ3) is 7.50. The lowest BCUT2D eigenvalue weighted by Gasteiger charge is -2.29. The van der Waals surface area contributed by atoms with E-state index >= 15 is 0 Å². The Bertz CT molecular complexity index is 1210. The largest absolute Gasteiger partial charge is 0.493 e. The number of aryl methyl sites for hydroxylation is 1. The fourth-order valence-electron chi connectivity index (χ4n) is 5.22. The molecule has 1 aliphatic carbocycles. The number of halogens is 1. The highest BCUT2D eigenvalue weighted by Gasteiger charge is 2.45. The number of hydrogen-bond acceptors (Lipinski definition) is 6. The third-order valence-electron chi connectivity index (χ3n) is 7.11. The van der Waals surface area contributed by atoms with E-state index in [1.165, 1.54) is 12.2 Å². The summed E-state index contributed by atoms with van der Waals surface area (Å²) in [5.41, 5.74) is 3.49. The van der Waals surface area contributed by atoms with Crippen LogP contribution < -0.4 is 19.7 Å². The van der Waals surface area contributed by atoms with Crippen molar-refractivity contribution in [2.24, 2.45) is 0 Å². The molecule has 1 aromatic carbocycles. The van der Waals surface area contributed by atoms with E-state index in [1.54, 1.807) is 23.4 Å². The molecule has 2 saturated heterocycles. The van der Waals surface area contributed by atoms with Gasteiger partial charge in [0.05, 0.1) is 37.2 Å². The van der Waals surface area contributed by atoms with E-state index in [2.05, 4.69) is 10.3 Å². The van der Waals surface area contributed by atoms with Crippen LogP contribution in [0.25, 0.3) is 5.57 Å². The van der Waals surface area contributed by atoms with Gasteiger partial charge in [-0.3, -0.25) is 9.88 Å². The summed E-state index contributed by atoms with van der Waals surface area (Å²) in [6.45, 7) is 9.69. The Morgan fingerprint density at radius 3 is 2.58 bits per heavy atom. The fraction of sp³-hybridized carbons (Fsp3) is 0.438. The first-order valence-corrected chi connectivity index (χ1v) is 14.2. The Kier molecular flexibility index (Phi) is 10.4. The minimum atomic E-state index is -0.319. The zero-order valence-corrected chi connectivity index (χ0v) is 23.7. The molecule has 40 heavy (non-hydrogen) atoms. The second-order valence-electron chi connectivity index (χ2n) is 10.2. The monoisotopic (exact) mass is 549 g/mol. The predicted octanol–water partition coefficient (Wildman–Crippen LogP) is 6.93. The average molecular weight is 550 g/mol. The minimum Gasteiger partial charge on any atom is -0.493 e. The highest BCUT2D eigenvalue weighted by Crippen LogP contribution is 2.39. The van der Waals surface area contributed by atoms with Crippen molar-refractivity contribution in [1.82, 2.24) is 10.3 Å². The molecular weight excluding hydrogens is 509 g/mol. The number of anilines is 1. The van der Waals surface area contributed by atoms with Crippen molar-refractivity contribution < 1.29 is 23.4 Å². The molecule has 1 N–H and O–H groups in total. The molecule has 1 unspecified atom stereocenters. The number of ether oxygens (including phenoxy) is 3. The van der Waals surface area contributed by atoms with Crippen molar-refractivity contribution in [3.05, 3.63) is 77.9 Å². The van der Waals surface area contributed by atoms with Crippen LogP contribution in [0.1, 0.15) is 57.1 Å². The van der Waals surface area contributed by atoms with Gasteiger partial charge in [0.25, 0.3) is 0 Å². The number of aromatic nitrogens is 1. The lowest BCUT2D eigenvalue weighted by Crippen LogP contribution is -2.39. The molecule has 7 nitrogen and oxygen atoms in total. The molecule has 0 bridgehead atoms. The number of carbonyl (C=O) groups excluding carboxylic acids is 1. The van der Waals surface area contributed by atoms with Crippen LogP contribution in [0.2, 0.25) is 0 Å². The van der Waals surface area contributed by atoms with Gasteiger partial charge in [-0.1, -0.05) is 12.2 Å². The topological polar surface area (TPSA) is 72.9 Å². The molecule has 8 heteroatoms. The van der Waals surface area contributed by atoms with Gasteiger partial charge in [0.2, 0.25) is 0 Å². The van der Waals surface area contributed by atoms with Crippen molar-refractivity contribution in [3.63, 3.8) is 0 Å². The molecule has 5 rings (SSSR count). The Hall–Kier alpha value is -3.65. The Morgan fingerprint density at radius 1 is 1.10 bits per heavy atom. The summed E-state index contributed by atoms with van der Waals surface area (Å²) >= 11 is 0. The molecule has 2 aliphatic heterocycles. The summed E-state index contributed by atoms with van der Waals surface area (Å²) in [5, 5.41) is 3.39. The van der Waals surface area contributed by atoms with Crippen LogP contribution in [0, 0.1) is 6.92 Å². The summed E-state index contributed by atoms with van der Waals surface area (Å²) in [5.74, 6) is 1.33. The van der Waals surface area contributed by atoms with Crippen LogP contribution in [0.5, 0.6) is 11.5 Å². The lowest BCUT2D eigenvalue weighted by molar-refractivity contribution is 0.0376. The standard InChI is InChI=1S/C18H21FO2.C14H19N3O2/c1-4-20-16-11-13(3)12-17(21-5-2)18(16)14-7-6-8-15(19)10-9-14;18-13-17(12-4-3-8-16-10-12)11-14(19-13)5-1-2-7-15-9-6-14/h6,8-12H,4-5,7H2,1-3H3;3-4,8,10,15H,1-2,5-7,9,11H2. The SMILES string of the molecule is CCOc1cc(C)cc(OCC)c1C1=CC=C(F)C=CC1.O=C1OC2(CCCCNCC2)CN1c1cccnc1. The number of rotatable bonds is 6. The number of benzene rings is 1. The summed E-state index contributed by atoms with van der Waals surface area (Å²) in [4.78, 5) is 17.9. The number of nitrogens with one attached hydrogen (secondary N) is 1. The van der Waals surface area contributed by atoms with Crippen LogP contribution >= 0.6 is 0 Å². The Labute approximate surface area is 236 Å². The second-order valence-corrected chi connectivity index (χ2v) is 10.2. The summed E-state index contributed by atoms with van der Waals surface area (Å²) < 4.78 is 30.6. The van der Waals surface area contributed by atoms with Crippen LogP contribution in [0.3, 0.4) is 0 Å². The van der Waals surface area contributed by atoms with Crippen molar-refractivity contribution in [3.8, 4) is 11.5 Å². The summed E-state index contributed by atoms with van der Waals surface area (Å²) in [7, 11) is 0. The first-order valence-electron chi connectivity index (χ1n) is 14.2. The quantitative estimate of drug-likeness (QED) is 0.421. The van der Waals surface area contributed by atoms with Gasteiger partial charge in [0, 0.05) is 12.6 Å². The Morgan fingerprint density at radius 2 is 1.88 bits per heavy atom. The van der Waals surface area contributed by atoms with Crippen LogP contribution in [0.15, 0.2) is 66.8 Å². The van der Waals surface area contributed by atoms with Gasteiger partial charge in [-0.2, -0.15) is 0 Å². The minimum absolute atomic E-state index is 0.242. The zero-order chi connectivity index (χ0) is 28.4. The molecular formula is C32H40FN3O4. The molecule has 1 aromatic heterocycles. The van der Waals surface area contributed by atoms with E-state index in [-0.39, 0.29) is 17.5 Å². The maximum absolute atomic E-state index is 13.4. The first kappa shape index (κ1) is 29.3. The maximum atomic E-state index is 13.4. The van der Waals surface area contributed by atoms with Gasteiger partial charge in [-0.05, 0) is 107 Å². The summed E-state index contributed by atoms with van der Waals surface area (Å²) in [6.07, 6.45) is 14.5. The molecule has 1 spiro atoms. The van der Waals surface area contributed by atoms with Crippen LogP contribution in [-0.4, -0.2) is 49.5 Å². The molecule has 1 amide bonds. The second kappa shape index (κ2) is 14.1. The van der Waals surface area contributed by atoms with Gasteiger partial charge in [0.15, 0.2) is 0 Å². The molecule has 0 radical (unpaired) electrons. The fourth-order valence-corrected chi connectivity index (χ4v) is 5.22. The molecule has 1 atom stereocenters. The number of nitrogens with zero attached hydrogens (tertiary/aromatic N) is 2. The average Bonchev–Trinajstić information content (AvgIpc) is 3.11. The normalized spacial score (nSPS) is 20.8. The van der Waals surface area contributed by atoms with Gasteiger partial charge in [-0.15, -0.1) is 0 Å². The van der Waals surface area contributed by atoms with E-state index in [0.29, 0.717) is 26.2 Å². The number of amides is 1. The summed E-state index contributed by atoms with van der Waals surface area (Å²) in [6, 6.07) is 7.73.